The summed E-state index contributed by atoms with van der Waals surface area (Å²) < 4.78 is 44.9. The Balaban J connectivity index is 1.01. The van der Waals surface area contributed by atoms with E-state index >= 15 is 0 Å². The zero-order chi connectivity index (χ0) is 23.1. The quantitative estimate of drug-likeness (QED) is 0.558. The number of ether oxygens (including phenoxy) is 1. The number of hydrogen-bond acceptors (Lipinski definition) is 4. The minimum atomic E-state index is -4.32. The minimum Gasteiger partial charge on any atom is -0.389 e. The molecule has 1 aliphatic heterocycles. The molecule has 7 heteroatoms. The number of benzene rings is 1. The molecular formula is C26H37F3N2O2. The molecule has 0 aromatic heterocycles. The van der Waals surface area contributed by atoms with Crippen LogP contribution in [0.4, 0.5) is 18.9 Å². The maximum absolute atomic E-state index is 13.0. The maximum atomic E-state index is 13.0. The summed E-state index contributed by atoms with van der Waals surface area (Å²) in [4.78, 5) is 4.16. The van der Waals surface area contributed by atoms with Gasteiger partial charge in [0, 0.05) is 45.0 Å². The van der Waals surface area contributed by atoms with E-state index in [1.54, 1.807) is 6.07 Å². The summed E-state index contributed by atoms with van der Waals surface area (Å²) in [6, 6.07) is 5.54. The van der Waals surface area contributed by atoms with Gasteiger partial charge in [0.1, 0.15) is 0 Å². The fraction of sp³-hybridized carbons (Fsp3) is 0.769. The summed E-state index contributed by atoms with van der Waals surface area (Å²) in [5, 5.41) is 10.5. The number of nitrogens with zero attached hydrogens (tertiary/aromatic N) is 2. The van der Waals surface area contributed by atoms with E-state index in [0.717, 1.165) is 49.9 Å². The number of rotatable bonds is 8. The molecule has 4 nitrogen and oxygen atoms in total. The lowest BCUT2D eigenvalue weighted by Gasteiger charge is -2.57. The van der Waals surface area contributed by atoms with Crippen LogP contribution in [0.25, 0.3) is 0 Å². The van der Waals surface area contributed by atoms with Crippen molar-refractivity contribution in [2.45, 2.75) is 57.2 Å². The second-order valence-corrected chi connectivity index (χ2v) is 11.2. The molecule has 4 saturated carbocycles. The van der Waals surface area contributed by atoms with E-state index in [9.17, 15) is 18.3 Å². The van der Waals surface area contributed by atoms with Gasteiger partial charge in [-0.15, -0.1) is 0 Å². The third-order valence-electron chi connectivity index (χ3n) is 8.63. The van der Waals surface area contributed by atoms with Gasteiger partial charge in [-0.25, -0.2) is 0 Å². The molecule has 1 aromatic carbocycles. The predicted octanol–water partition coefficient (Wildman–Crippen LogP) is 4.81. The topological polar surface area (TPSA) is 35.9 Å². The molecular weight excluding hydrogens is 429 g/mol. The molecule has 33 heavy (non-hydrogen) atoms. The van der Waals surface area contributed by atoms with Gasteiger partial charge in [0.15, 0.2) is 0 Å². The maximum Gasteiger partial charge on any atom is 0.416 e. The number of anilines is 1. The van der Waals surface area contributed by atoms with E-state index in [1.165, 1.54) is 50.7 Å². The Morgan fingerprint density at radius 1 is 1.00 bits per heavy atom. The van der Waals surface area contributed by atoms with Crippen molar-refractivity contribution in [3.8, 4) is 0 Å². The van der Waals surface area contributed by atoms with Crippen molar-refractivity contribution in [3.05, 3.63) is 29.8 Å². The van der Waals surface area contributed by atoms with Crippen LogP contribution in [0.1, 0.15) is 50.5 Å². The molecule has 1 atom stereocenters. The van der Waals surface area contributed by atoms with Crippen molar-refractivity contribution in [2.75, 3.05) is 50.8 Å². The molecule has 0 spiro atoms. The van der Waals surface area contributed by atoms with Gasteiger partial charge in [-0.05, 0) is 86.3 Å². The van der Waals surface area contributed by atoms with Gasteiger partial charge in [0.25, 0.3) is 0 Å². The molecule has 1 heterocycles. The van der Waals surface area contributed by atoms with E-state index in [2.05, 4.69) is 4.90 Å². The van der Waals surface area contributed by atoms with E-state index < -0.39 is 17.8 Å². The van der Waals surface area contributed by atoms with Gasteiger partial charge in [-0.2, -0.15) is 13.2 Å². The first-order valence-electron chi connectivity index (χ1n) is 12.7. The van der Waals surface area contributed by atoms with Crippen LogP contribution in [0.5, 0.6) is 0 Å². The number of aliphatic hydroxyl groups excluding tert-OH is 1. The van der Waals surface area contributed by atoms with Crippen LogP contribution in [-0.4, -0.2) is 62.0 Å². The molecule has 1 saturated heterocycles. The Morgan fingerprint density at radius 3 is 2.24 bits per heavy atom. The monoisotopic (exact) mass is 466 g/mol. The first kappa shape index (κ1) is 23.4. The van der Waals surface area contributed by atoms with Crippen LogP contribution in [-0.2, 0) is 10.9 Å². The Hall–Kier alpha value is -1.31. The Kier molecular flexibility index (Phi) is 6.66. The number of alkyl halides is 3. The standard InChI is InChI=1S/C26H37F3N2O2/c27-26(28,29)22-2-1-3-23(13-22)31-7-5-30(6-8-31)17-24(32)18-33-9-4-25-14-19-10-20(15-25)12-21(11-19)16-25/h1-3,13,19-21,24,32H,4-12,14-18H2/t19?,20?,21?,24-,25?/m0/s1. The van der Waals surface area contributed by atoms with Crippen LogP contribution >= 0.6 is 0 Å². The van der Waals surface area contributed by atoms with Gasteiger partial charge in [0.2, 0.25) is 0 Å². The molecule has 184 valence electrons. The van der Waals surface area contributed by atoms with Crippen molar-refractivity contribution in [1.82, 2.24) is 4.90 Å². The number of halogens is 3. The van der Waals surface area contributed by atoms with Crippen LogP contribution < -0.4 is 4.90 Å². The van der Waals surface area contributed by atoms with E-state index in [0.29, 0.717) is 37.3 Å². The van der Waals surface area contributed by atoms with Crippen molar-refractivity contribution in [3.63, 3.8) is 0 Å². The summed E-state index contributed by atoms with van der Waals surface area (Å²) in [5.74, 6) is 2.87. The molecule has 4 bridgehead atoms. The molecule has 0 radical (unpaired) electrons. The molecule has 5 fully saturated rings. The summed E-state index contributed by atoms with van der Waals surface area (Å²) in [6.07, 6.45) is 4.83. The summed E-state index contributed by atoms with van der Waals surface area (Å²) in [6.45, 7) is 4.41. The van der Waals surface area contributed by atoms with Crippen LogP contribution in [0.15, 0.2) is 24.3 Å². The molecule has 1 N–H and O–H groups in total. The second-order valence-electron chi connectivity index (χ2n) is 11.2. The highest BCUT2D eigenvalue weighted by Gasteiger charge is 2.50. The van der Waals surface area contributed by atoms with E-state index in [1.807, 2.05) is 4.90 Å². The average molecular weight is 467 g/mol. The molecule has 5 aliphatic rings. The summed E-state index contributed by atoms with van der Waals surface area (Å²) >= 11 is 0. The smallest absolute Gasteiger partial charge is 0.389 e. The Morgan fingerprint density at radius 2 is 1.64 bits per heavy atom. The number of piperazine rings is 1. The van der Waals surface area contributed by atoms with Gasteiger partial charge in [-0.1, -0.05) is 6.07 Å². The zero-order valence-electron chi connectivity index (χ0n) is 19.4. The second kappa shape index (κ2) is 9.38. The lowest BCUT2D eigenvalue weighted by Crippen LogP contribution is -2.49. The Bertz CT molecular complexity index is 772. The number of aliphatic hydroxyl groups is 1. The first-order valence-corrected chi connectivity index (χ1v) is 12.7. The highest BCUT2D eigenvalue weighted by molar-refractivity contribution is 5.49. The van der Waals surface area contributed by atoms with Gasteiger partial charge in [0.05, 0.1) is 18.3 Å². The molecule has 4 aliphatic carbocycles. The minimum absolute atomic E-state index is 0.361. The van der Waals surface area contributed by atoms with Crippen LogP contribution in [0, 0.1) is 23.2 Å². The SMILES string of the molecule is O[C@H](COCCC12CC3CC(CC(C3)C1)C2)CN1CCN(c2cccc(C(F)(F)F)c2)CC1. The first-order chi connectivity index (χ1) is 15.8. The average Bonchev–Trinajstić information content (AvgIpc) is 2.76. The van der Waals surface area contributed by atoms with Gasteiger partial charge >= 0.3 is 6.18 Å². The fourth-order valence-electron chi connectivity index (χ4n) is 7.52. The molecule has 6 rings (SSSR count). The third-order valence-corrected chi connectivity index (χ3v) is 8.63. The van der Waals surface area contributed by atoms with Crippen molar-refractivity contribution >= 4 is 5.69 Å². The van der Waals surface area contributed by atoms with Crippen molar-refractivity contribution in [1.29, 1.82) is 0 Å². The number of β-amino-alcohol motifs (C(OH)–C–C–N with tert-alkyl or cyclic N) is 1. The summed E-state index contributed by atoms with van der Waals surface area (Å²) in [7, 11) is 0. The van der Waals surface area contributed by atoms with Gasteiger partial charge < -0.3 is 14.7 Å². The molecule has 0 unspecified atom stereocenters. The zero-order valence-corrected chi connectivity index (χ0v) is 19.4. The van der Waals surface area contributed by atoms with Gasteiger partial charge in [-0.3, -0.25) is 4.90 Å². The van der Waals surface area contributed by atoms with Crippen molar-refractivity contribution < 1.29 is 23.0 Å². The third kappa shape index (κ3) is 5.51. The largest absolute Gasteiger partial charge is 0.416 e. The summed E-state index contributed by atoms with van der Waals surface area (Å²) in [5.41, 5.74) is 0.515. The molecule has 0 amide bonds. The van der Waals surface area contributed by atoms with Crippen LogP contribution in [0.2, 0.25) is 0 Å². The van der Waals surface area contributed by atoms with E-state index in [-0.39, 0.29) is 0 Å². The normalized spacial score (nSPS) is 33.0. The van der Waals surface area contributed by atoms with Crippen molar-refractivity contribution in [2.24, 2.45) is 23.2 Å². The predicted molar refractivity (Wildman–Crippen MR) is 122 cm³/mol. The highest BCUT2D eigenvalue weighted by Crippen LogP contribution is 2.61. The molecule has 1 aromatic rings. The lowest BCUT2D eigenvalue weighted by molar-refractivity contribution is -0.137. The lowest BCUT2D eigenvalue weighted by atomic mass is 9.49. The fourth-order valence-corrected chi connectivity index (χ4v) is 7.52. The van der Waals surface area contributed by atoms with E-state index in [4.69, 9.17) is 4.74 Å². The Labute approximate surface area is 195 Å². The number of hydrogen-bond donors (Lipinski definition) is 1. The highest BCUT2D eigenvalue weighted by atomic mass is 19.4. The van der Waals surface area contributed by atoms with Crippen LogP contribution in [0.3, 0.4) is 0 Å².